The topological polar surface area (TPSA) is 72.9 Å². The highest BCUT2D eigenvalue weighted by Crippen LogP contribution is 2.22. The van der Waals surface area contributed by atoms with Gasteiger partial charge in [-0.2, -0.15) is 0 Å². The highest BCUT2D eigenvalue weighted by Gasteiger charge is 2.16. The van der Waals surface area contributed by atoms with E-state index in [1.165, 1.54) is 22.8 Å². The zero-order chi connectivity index (χ0) is 25.2. The number of aromatic nitrogens is 4. The third-order valence-corrected chi connectivity index (χ3v) is 5.25. The molecule has 0 aliphatic carbocycles. The second-order valence-corrected chi connectivity index (χ2v) is 7.46. The second kappa shape index (κ2) is 10.0. The highest BCUT2D eigenvalue weighted by molar-refractivity contribution is 5.74. The quantitative estimate of drug-likeness (QED) is 0.339. The fourth-order valence-electron chi connectivity index (χ4n) is 3.66. The molecule has 178 valence electrons. The number of aliphatic hydroxyl groups is 1. The minimum Gasteiger partial charge on any atom is -0.390 e. The van der Waals surface area contributed by atoms with Crippen molar-refractivity contribution in [1.82, 2.24) is 19.1 Å². The summed E-state index contributed by atoms with van der Waals surface area (Å²) in [5.41, 5.74) is 2.34. The number of carbonyl (C=O) groups is 1. The van der Waals surface area contributed by atoms with E-state index in [0.29, 0.717) is 35.0 Å². The standard InChI is InChI=1S/C12H12F2N2O.C12H10F2N2O/c2*1-7-11(6-17)15-8(2)16(7)12-4-3-9(13)5-10(12)14/h3-5,17H,6H2,1-2H3;3-6H,1-2H3. The number of halogens is 4. The fourth-order valence-corrected chi connectivity index (χ4v) is 3.66. The molecular formula is C24H22F4N4O2. The number of benzene rings is 2. The molecule has 0 radical (unpaired) electrons. The molecule has 4 rings (SSSR count). The van der Waals surface area contributed by atoms with Gasteiger partial charge in [-0.05, 0) is 52.0 Å². The van der Waals surface area contributed by atoms with E-state index in [0.717, 1.165) is 18.2 Å². The van der Waals surface area contributed by atoms with Gasteiger partial charge in [0, 0.05) is 17.8 Å². The van der Waals surface area contributed by atoms with Gasteiger partial charge >= 0.3 is 0 Å². The van der Waals surface area contributed by atoms with Crippen LogP contribution in [-0.4, -0.2) is 30.5 Å². The highest BCUT2D eigenvalue weighted by atomic mass is 19.1. The third kappa shape index (κ3) is 4.76. The number of imidazole rings is 2. The van der Waals surface area contributed by atoms with Crippen molar-refractivity contribution in [3.05, 3.63) is 94.1 Å². The van der Waals surface area contributed by atoms with Crippen LogP contribution in [0.25, 0.3) is 11.4 Å². The molecule has 34 heavy (non-hydrogen) atoms. The fraction of sp³-hybridized carbons (Fsp3) is 0.208. The molecule has 2 aromatic heterocycles. The average Bonchev–Trinajstić information content (AvgIpc) is 3.23. The predicted molar refractivity (Wildman–Crippen MR) is 117 cm³/mol. The van der Waals surface area contributed by atoms with Crippen molar-refractivity contribution in [1.29, 1.82) is 0 Å². The van der Waals surface area contributed by atoms with Crippen LogP contribution in [0.3, 0.4) is 0 Å². The number of rotatable bonds is 4. The Morgan fingerprint density at radius 3 is 1.65 bits per heavy atom. The first-order valence-electron chi connectivity index (χ1n) is 10.2. The van der Waals surface area contributed by atoms with E-state index in [1.54, 1.807) is 32.3 Å². The summed E-state index contributed by atoms with van der Waals surface area (Å²) in [5.74, 6) is -1.57. The SMILES string of the molecule is Cc1nc(C=O)c(C)n1-c1ccc(F)cc1F.Cc1nc(CO)c(C)n1-c1ccc(F)cc1F. The molecule has 10 heteroatoms. The van der Waals surface area contributed by atoms with Gasteiger partial charge in [0.25, 0.3) is 0 Å². The summed E-state index contributed by atoms with van der Waals surface area (Å²) in [7, 11) is 0. The molecule has 0 spiro atoms. The van der Waals surface area contributed by atoms with E-state index >= 15 is 0 Å². The molecule has 0 saturated heterocycles. The number of hydrogen-bond donors (Lipinski definition) is 1. The summed E-state index contributed by atoms with van der Waals surface area (Å²) in [6.07, 6.45) is 0.611. The first kappa shape index (κ1) is 24.8. The maximum absolute atomic E-state index is 13.7. The Balaban J connectivity index is 0.000000191. The summed E-state index contributed by atoms with van der Waals surface area (Å²) in [6.45, 7) is 6.54. The van der Waals surface area contributed by atoms with Gasteiger partial charge in [0.1, 0.15) is 40.6 Å². The number of aldehydes is 1. The molecule has 0 aliphatic rings. The summed E-state index contributed by atoms with van der Waals surface area (Å²) in [6, 6.07) is 6.66. The molecule has 0 fully saturated rings. The smallest absolute Gasteiger partial charge is 0.170 e. The third-order valence-electron chi connectivity index (χ3n) is 5.25. The van der Waals surface area contributed by atoms with Crippen LogP contribution in [0.1, 0.15) is 39.2 Å². The summed E-state index contributed by atoms with van der Waals surface area (Å²) in [5, 5.41) is 9.09. The number of aryl methyl sites for hydroxylation is 2. The zero-order valence-corrected chi connectivity index (χ0v) is 18.9. The molecule has 0 saturated carbocycles. The first-order chi connectivity index (χ1) is 16.1. The lowest BCUT2D eigenvalue weighted by Crippen LogP contribution is -2.03. The van der Waals surface area contributed by atoms with Gasteiger partial charge in [0.15, 0.2) is 6.29 Å². The number of carbonyl (C=O) groups excluding carboxylic acids is 1. The van der Waals surface area contributed by atoms with Crippen molar-refractivity contribution >= 4 is 6.29 Å². The molecular weight excluding hydrogens is 452 g/mol. The van der Waals surface area contributed by atoms with E-state index in [4.69, 9.17) is 5.11 Å². The van der Waals surface area contributed by atoms with Gasteiger partial charge in [-0.3, -0.25) is 13.9 Å². The first-order valence-corrected chi connectivity index (χ1v) is 10.2. The van der Waals surface area contributed by atoms with Crippen molar-refractivity contribution < 1.29 is 27.5 Å². The Morgan fingerprint density at radius 1 is 0.794 bits per heavy atom. The van der Waals surface area contributed by atoms with Gasteiger partial charge in [-0.15, -0.1) is 0 Å². The summed E-state index contributed by atoms with van der Waals surface area (Å²) in [4.78, 5) is 18.9. The lowest BCUT2D eigenvalue weighted by Gasteiger charge is -2.09. The zero-order valence-electron chi connectivity index (χ0n) is 18.9. The van der Waals surface area contributed by atoms with Crippen LogP contribution in [-0.2, 0) is 6.61 Å². The minimum atomic E-state index is -0.689. The molecule has 2 heterocycles. The summed E-state index contributed by atoms with van der Waals surface area (Å²) < 4.78 is 56.0. The van der Waals surface area contributed by atoms with Crippen LogP contribution in [0.2, 0.25) is 0 Å². The van der Waals surface area contributed by atoms with E-state index in [2.05, 4.69) is 9.97 Å². The van der Waals surface area contributed by atoms with Crippen molar-refractivity contribution in [3.8, 4) is 11.4 Å². The molecule has 4 aromatic rings. The maximum Gasteiger partial charge on any atom is 0.170 e. The predicted octanol–water partition coefficient (Wildman–Crippen LogP) is 4.84. The molecule has 0 amide bonds. The summed E-state index contributed by atoms with van der Waals surface area (Å²) >= 11 is 0. The number of nitrogens with zero attached hydrogens (tertiary/aromatic N) is 4. The van der Waals surface area contributed by atoms with Crippen LogP contribution in [0.5, 0.6) is 0 Å². The van der Waals surface area contributed by atoms with E-state index in [-0.39, 0.29) is 23.7 Å². The van der Waals surface area contributed by atoms with Crippen molar-refractivity contribution in [2.75, 3.05) is 0 Å². The molecule has 1 N–H and O–H groups in total. The van der Waals surface area contributed by atoms with Gasteiger partial charge in [-0.25, -0.2) is 27.5 Å². The van der Waals surface area contributed by atoms with Gasteiger partial charge in [0.05, 0.1) is 29.4 Å². The number of hydrogen-bond acceptors (Lipinski definition) is 4. The molecule has 0 bridgehead atoms. The maximum atomic E-state index is 13.7. The van der Waals surface area contributed by atoms with Crippen LogP contribution >= 0.6 is 0 Å². The van der Waals surface area contributed by atoms with Crippen molar-refractivity contribution in [2.24, 2.45) is 0 Å². The monoisotopic (exact) mass is 474 g/mol. The van der Waals surface area contributed by atoms with E-state index < -0.39 is 23.3 Å². The van der Waals surface area contributed by atoms with Crippen molar-refractivity contribution in [3.63, 3.8) is 0 Å². The lowest BCUT2D eigenvalue weighted by atomic mass is 10.2. The second-order valence-electron chi connectivity index (χ2n) is 7.46. The van der Waals surface area contributed by atoms with Gasteiger partial charge in [-0.1, -0.05) is 0 Å². The molecule has 2 aromatic carbocycles. The largest absolute Gasteiger partial charge is 0.390 e. The minimum absolute atomic E-state index is 0.182. The lowest BCUT2D eigenvalue weighted by molar-refractivity contribution is 0.111. The van der Waals surface area contributed by atoms with Gasteiger partial charge in [0.2, 0.25) is 0 Å². The Labute approximate surface area is 193 Å². The Kier molecular flexibility index (Phi) is 7.31. The molecule has 0 aliphatic heterocycles. The number of aliphatic hydroxyl groups excluding tert-OH is 1. The Morgan fingerprint density at radius 2 is 1.26 bits per heavy atom. The van der Waals surface area contributed by atoms with Crippen LogP contribution in [0.15, 0.2) is 36.4 Å². The van der Waals surface area contributed by atoms with E-state index in [9.17, 15) is 22.4 Å². The van der Waals surface area contributed by atoms with Crippen LogP contribution in [0, 0.1) is 51.0 Å². The normalized spacial score (nSPS) is 10.7. The van der Waals surface area contributed by atoms with Crippen molar-refractivity contribution in [2.45, 2.75) is 34.3 Å². The Bertz CT molecular complexity index is 1360. The van der Waals surface area contributed by atoms with Crippen LogP contribution < -0.4 is 0 Å². The van der Waals surface area contributed by atoms with Gasteiger partial charge < -0.3 is 5.11 Å². The molecule has 0 unspecified atom stereocenters. The molecule has 6 nitrogen and oxygen atoms in total. The Hall–Kier alpha value is -3.79. The van der Waals surface area contributed by atoms with Crippen LogP contribution in [0.4, 0.5) is 17.6 Å². The van der Waals surface area contributed by atoms with E-state index in [1.807, 2.05) is 0 Å². The molecule has 0 atom stereocenters. The average molecular weight is 474 g/mol.